The van der Waals surface area contributed by atoms with Crippen molar-refractivity contribution in [1.82, 2.24) is 10.6 Å². The molecule has 1 aliphatic carbocycles. The van der Waals surface area contributed by atoms with E-state index >= 15 is 0 Å². The van der Waals surface area contributed by atoms with Gasteiger partial charge in [0.1, 0.15) is 0 Å². The third-order valence-electron chi connectivity index (χ3n) is 3.80. The summed E-state index contributed by atoms with van der Waals surface area (Å²) in [6, 6.07) is 8.72. The van der Waals surface area contributed by atoms with Crippen LogP contribution in [0, 0.1) is 5.92 Å². The van der Waals surface area contributed by atoms with Crippen LogP contribution in [0.4, 0.5) is 4.79 Å². The zero-order valence-corrected chi connectivity index (χ0v) is 13.7. The van der Waals surface area contributed by atoms with Crippen LogP contribution in [0.15, 0.2) is 42.5 Å². The standard InChI is InChI=1S/C18H22N2O4/c1-13(24-17(22)15-10-6-3-7-11-15)16(21)20-18(23)19-12-14-8-4-2-5-9-14/h2-6,8-9,13,15H,7,10-12H2,1H3,(H2,19,20,21,23)/t13-,15+/m0/s1. The van der Waals surface area contributed by atoms with Gasteiger partial charge in [0.2, 0.25) is 0 Å². The monoisotopic (exact) mass is 330 g/mol. The van der Waals surface area contributed by atoms with E-state index in [-0.39, 0.29) is 5.92 Å². The van der Waals surface area contributed by atoms with E-state index in [9.17, 15) is 14.4 Å². The van der Waals surface area contributed by atoms with Gasteiger partial charge in [-0.05, 0) is 31.7 Å². The van der Waals surface area contributed by atoms with Gasteiger partial charge < -0.3 is 10.1 Å². The van der Waals surface area contributed by atoms with Crippen molar-refractivity contribution >= 4 is 17.9 Å². The maximum atomic E-state index is 12.0. The number of amides is 3. The molecule has 0 bridgehead atoms. The van der Waals surface area contributed by atoms with E-state index in [4.69, 9.17) is 4.74 Å². The number of hydrogen-bond acceptors (Lipinski definition) is 4. The van der Waals surface area contributed by atoms with Gasteiger partial charge in [-0.15, -0.1) is 0 Å². The summed E-state index contributed by atoms with van der Waals surface area (Å²) in [6.07, 6.45) is 5.15. The lowest BCUT2D eigenvalue weighted by Crippen LogP contribution is -2.44. The molecule has 128 valence electrons. The molecular formula is C18H22N2O4. The Morgan fingerprint density at radius 3 is 2.62 bits per heavy atom. The Balaban J connectivity index is 1.73. The molecule has 0 saturated heterocycles. The van der Waals surface area contributed by atoms with E-state index in [0.717, 1.165) is 18.4 Å². The van der Waals surface area contributed by atoms with Gasteiger partial charge in [0.15, 0.2) is 6.10 Å². The SMILES string of the molecule is C[C@H](OC(=O)[C@@H]1CC=CCC1)C(=O)NC(=O)NCc1ccccc1. The number of nitrogens with one attached hydrogen (secondary N) is 2. The van der Waals surface area contributed by atoms with E-state index < -0.39 is 24.0 Å². The van der Waals surface area contributed by atoms with Crippen molar-refractivity contribution in [3.05, 3.63) is 48.0 Å². The number of rotatable bonds is 5. The second-order valence-electron chi connectivity index (χ2n) is 5.72. The van der Waals surface area contributed by atoms with E-state index in [1.54, 1.807) is 0 Å². The smallest absolute Gasteiger partial charge is 0.321 e. The lowest BCUT2D eigenvalue weighted by Gasteiger charge is -2.19. The van der Waals surface area contributed by atoms with Crippen molar-refractivity contribution < 1.29 is 19.1 Å². The zero-order chi connectivity index (χ0) is 17.4. The van der Waals surface area contributed by atoms with Crippen LogP contribution in [-0.2, 0) is 20.9 Å². The van der Waals surface area contributed by atoms with Gasteiger partial charge in [-0.25, -0.2) is 4.79 Å². The first-order chi connectivity index (χ1) is 11.6. The predicted octanol–water partition coefficient (Wildman–Crippen LogP) is 2.30. The molecule has 24 heavy (non-hydrogen) atoms. The van der Waals surface area contributed by atoms with Crippen LogP contribution < -0.4 is 10.6 Å². The normalized spacial score (nSPS) is 17.6. The molecule has 0 saturated carbocycles. The van der Waals surface area contributed by atoms with Gasteiger partial charge >= 0.3 is 12.0 Å². The summed E-state index contributed by atoms with van der Waals surface area (Å²) < 4.78 is 5.15. The summed E-state index contributed by atoms with van der Waals surface area (Å²) in [5.74, 6) is -1.25. The molecule has 1 aromatic rings. The first kappa shape index (κ1) is 17.7. The van der Waals surface area contributed by atoms with Crippen molar-refractivity contribution in [3.63, 3.8) is 0 Å². The quantitative estimate of drug-likeness (QED) is 0.641. The summed E-state index contributed by atoms with van der Waals surface area (Å²) in [6.45, 7) is 1.76. The van der Waals surface area contributed by atoms with Gasteiger partial charge in [0, 0.05) is 6.54 Å². The third kappa shape index (κ3) is 5.53. The highest BCUT2D eigenvalue weighted by atomic mass is 16.5. The van der Waals surface area contributed by atoms with Gasteiger partial charge in [-0.2, -0.15) is 0 Å². The molecule has 1 aromatic carbocycles. The van der Waals surface area contributed by atoms with Gasteiger partial charge in [0.05, 0.1) is 5.92 Å². The number of benzene rings is 1. The van der Waals surface area contributed by atoms with Crippen molar-refractivity contribution in [1.29, 1.82) is 0 Å². The van der Waals surface area contributed by atoms with Crippen LogP contribution in [0.3, 0.4) is 0 Å². The van der Waals surface area contributed by atoms with Crippen LogP contribution in [0.1, 0.15) is 31.7 Å². The Morgan fingerprint density at radius 1 is 1.21 bits per heavy atom. The molecular weight excluding hydrogens is 308 g/mol. The highest BCUT2D eigenvalue weighted by molar-refractivity contribution is 5.97. The van der Waals surface area contributed by atoms with E-state index in [2.05, 4.69) is 10.6 Å². The predicted molar refractivity (Wildman–Crippen MR) is 88.9 cm³/mol. The average Bonchev–Trinajstić information content (AvgIpc) is 2.61. The van der Waals surface area contributed by atoms with Crippen LogP contribution >= 0.6 is 0 Å². The van der Waals surface area contributed by atoms with Gasteiger partial charge in [-0.3, -0.25) is 14.9 Å². The molecule has 0 fully saturated rings. The lowest BCUT2D eigenvalue weighted by atomic mass is 9.95. The number of hydrogen-bond donors (Lipinski definition) is 2. The molecule has 2 atom stereocenters. The molecule has 0 aromatic heterocycles. The second-order valence-corrected chi connectivity index (χ2v) is 5.72. The molecule has 0 aliphatic heterocycles. The first-order valence-corrected chi connectivity index (χ1v) is 8.04. The minimum atomic E-state index is -1.01. The summed E-state index contributed by atoms with van der Waals surface area (Å²) in [7, 11) is 0. The van der Waals surface area contributed by atoms with E-state index in [1.807, 2.05) is 42.5 Å². The second kappa shape index (κ2) is 8.86. The Kier molecular flexibility index (Phi) is 6.54. The van der Waals surface area contributed by atoms with Gasteiger partial charge in [-0.1, -0.05) is 42.5 Å². The molecule has 2 N–H and O–H groups in total. The van der Waals surface area contributed by atoms with E-state index in [0.29, 0.717) is 13.0 Å². The van der Waals surface area contributed by atoms with Crippen LogP contribution in [-0.4, -0.2) is 24.0 Å². The topological polar surface area (TPSA) is 84.5 Å². The molecule has 1 aliphatic rings. The van der Waals surface area contributed by atoms with E-state index in [1.165, 1.54) is 6.92 Å². The molecule has 2 rings (SSSR count). The number of allylic oxidation sites excluding steroid dienone is 2. The minimum absolute atomic E-state index is 0.211. The number of esters is 1. The number of carbonyl (C=O) groups excluding carboxylic acids is 3. The lowest BCUT2D eigenvalue weighted by molar-refractivity contribution is -0.158. The Hall–Kier alpha value is -2.63. The largest absolute Gasteiger partial charge is 0.452 e. The summed E-state index contributed by atoms with van der Waals surface area (Å²) in [5, 5.41) is 4.76. The first-order valence-electron chi connectivity index (χ1n) is 8.04. The van der Waals surface area contributed by atoms with Crippen LogP contribution in [0.2, 0.25) is 0 Å². The van der Waals surface area contributed by atoms with Crippen LogP contribution in [0.5, 0.6) is 0 Å². The molecule has 0 unspecified atom stereocenters. The van der Waals surface area contributed by atoms with Crippen LogP contribution in [0.25, 0.3) is 0 Å². The summed E-state index contributed by atoms with van der Waals surface area (Å²) in [4.78, 5) is 35.6. The Labute approximate surface area is 141 Å². The number of imide groups is 1. The molecule has 0 spiro atoms. The number of carbonyl (C=O) groups is 3. The fraction of sp³-hybridized carbons (Fsp3) is 0.389. The van der Waals surface area contributed by atoms with Gasteiger partial charge in [0.25, 0.3) is 5.91 Å². The Morgan fingerprint density at radius 2 is 1.96 bits per heavy atom. The summed E-state index contributed by atoms with van der Waals surface area (Å²) in [5.41, 5.74) is 0.921. The number of urea groups is 1. The molecule has 6 nitrogen and oxygen atoms in total. The summed E-state index contributed by atoms with van der Waals surface area (Å²) >= 11 is 0. The maximum Gasteiger partial charge on any atom is 0.321 e. The molecule has 0 radical (unpaired) electrons. The third-order valence-corrected chi connectivity index (χ3v) is 3.80. The van der Waals surface area contributed by atoms with Crippen molar-refractivity contribution in [2.24, 2.45) is 5.92 Å². The number of ether oxygens (including phenoxy) is 1. The Bertz CT molecular complexity index is 613. The minimum Gasteiger partial charge on any atom is -0.452 e. The average molecular weight is 330 g/mol. The molecule has 3 amide bonds. The maximum absolute atomic E-state index is 12.0. The molecule has 0 heterocycles. The highest BCUT2D eigenvalue weighted by Gasteiger charge is 2.25. The highest BCUT2D eigenvalue weighted by Crippen LogP contribution is 2.20. The molecule has 6 heteroatoms. The fourth-order valence-corrected chi connectivity index (χ4v) is 2.37. The van der Waals surface area contributed by atoms with Crippen molar-refractivity contribution in [3.8, 4) is 0 Å². The van der Waals surface area contributed by atoms with Crippen molar-refractivity contribution in [2.75, 3.05) is 0 Å². The zero-order valence-electron chi connectivity index (χ0n) is 13.7. The van der Waals surface area contributed by atoms with Crippen molar-refractivity contribution in [2.45, 2.75) is 38.8 Å². The fourth-order valence-electron chi connectivity index (χ4n) is 2.37.